The number of rotatable bonds is 7. The summed E-state index contributed by atoms with van der Waals surface area (Å²) >= 11 is 12.7. The molecule has 1 aliphatic rings. The lowest BCUT2D eigenvalue weighted by Gasteiger charge is -2.27. The molecule has 0 aliphatic carbocycles. The second-order valence-corrected chi connectivity index (χ2v) is 8.36. The van der Waals surface area contributed by atoms with Crippen LogP contribution in [0.2, 0.25) is 10.0 Å². The minimum absolute atomic E-state index is 0.00342. The van der Waals surface area contributed by atoms with Gasteiger partial charge >= 0.3 is 0 Å². The van der Waals surface area contributed by atoms with Gasteiger partial charge in [-0.3, -0.25) is 9.69 Å². The molecule has 2 heterocycles. The standard InChI is InChI=1S/C20H27Cl2N5O2/c1-13(2)19-24-18(25-27(19)17-15(21)5-4-6-16(17)22)20(28)23-14(3)7-8-26-9-11-29-12-10-26/h4-6,13-14H,7-12H2,1-3H3,(H,23,28). The Bertz CT molecular complexity index is 829. The van der Waals surface area contributed by atoms with Crippen molar-refractivity contribution < 1.29 is 9.53 Å². The molecule has 9 heteroatoms. The van der Waals surface area contributed by atoms with E-state index in [4.69, 9.17) is 27.9 Å². The summed E-state index contributed by atoms with van der Waals surface area (Å²) in [5.74, 6) is 0.479. The molecule has 0 bridgehead atoms. The fraction of sp³-hybridized carbons (Fsp3) is 0.550. The van der Waals surface area contributed by atoms with Gasteiger partial charge < -0.3 is 10.1 Å². The molecule has 1 aromatic heterocycles. The molecule has 1 fully saturated rings. The summed E-state index contributed by atoms with van der Waals surface area (Å²) in [7, 11) is 0. The van der Waals surface area contributed by atoms with Crippen molar-refractivity contribution in [2.45, 2.75) is 39.2 Å². The van der Waals surface area contributed by atoms with E-state index in [0.29, 0.717) is 21.6 Å². The first kappa shape index (κ1) is 22.0. The molecule has 3 rings (SSSR count). The molecule has 1 saturated heterocycles. The lowest BCUT2D eigenvalue weighted by Crippen LogP contribution is -2.40. The van der Waals surface area contributed by atoms with Crippen molar-refractivity contribution in [2.24, 2.45) is 0 Å². The fourth-order valence-corrected chi connectivity index (χ4v) is 3.77. The van der Waals surface area contributed by atoms with E-state index < -0.39 is 0 Å². The molecule has 1 aliphatic heterocycles. The number of amides is 1. The molecule has 1 amide bonds. The molecule has 2 aromatic rings. The fourth-order valence-electron chi connectivity index (χ4n) is 3.21. The molecule has 1 aromatic carbocycles. The van der Waals surface area contributed by atoms with Crippen LogP contribution in [0.5, 0.6) is 0 Å². The number of hydrogen-bond donors (Lipinski definition) is 1. The van der Waals surface area contributed by atoms with Crippen LogP contribution in [0.15, 0.2) is 18.2 Å². The molecule has 0 saturated carbocycles. The summed E-state index contributed by atoms with van der Waals surface area (Å²) in [5, 5.41) is 8.33. The second-order valence-electron chi connectivity index (χ2n) is 7.55. The van der Waals surface area contributed by atoms with E-state index in [0.717, 1.165) is 39.3 Å². The number of morpholine rings is 1. The van der Waals surface area contributed by atoms with Crippen molar-refractivity contribution in [1.82, 2.24) is 25.0 Å². The third kappa shape index (κ3) is 5.48. The molecule has 1 N–H and O–H groups in total. The number of para-hydroxylation sites is 1. The van der Waals surface area contributed by atoms with Crippen LogP contribution in [0.3, 0.4) is 0 Å². The Morgan fingerprint density at radius 2 is 1.86 bits per heavy atom. The molecule has 1 atom stereocenters. The topological polar surface area (TPSA) is 72.3 Å². The summed E-state index contributed by atoms with van der Waals surface area (Å²) in [6, 6.07) is 5.25. The van der Waals surface area contributed by atoms with Crippen LogP contribution >= 0.6 is 23.2 Å². The number of nitrogens with one attached hydrogen (secondary N) is 1. The van der Waals surface area contributed by atoms with E-state index in [1.54, 1.807) is 22.9 Å². The van der Waals surface area contributed by atoms with E-state index in [1.165, 1.54) is 0 Å². The molecule has 7 nitrogen and oxygen atoms in total. The van der Waals surface area contributed by atoms with Crippen LogP contribution in [0.1, 0.15) is 49.6 Å². The number of carbonyl (C=O) groups is 1. The Morgan fingerprint density at radius 1 is 1.21 bits per heavy atom. The lowest BCUT2D eigenvalue weighted by atomic mass is 10.2. The maximum atomic E-state index is 12.7. The van der Waals surface area contributed by atoms with Gasteiger partial charge in [-0.25, -0.2) is 9.67 Å². The summed E-state index contributed by atoms with van der Waals surface area (Å²) in [5.41, 5.74) is 0.534. The van der Waals surface area contributed by atoms with Gasteiger partial charge in [-0.05, 0) is 25.5 Å². The summed E-state index contributed by atoms with van der Waals surface area (Å²) in [6.45, 7) is 10.3. The Kier molecular flexibility index (Phi) is 7.51. The Labute approximate surface area is 181 Å². The van der Waals surface area contributed by atoms with E-state index in [-0.39, 0.29) is 23.7 Å². The van der Waals surface area contributed by atoms with Gasteiger partial charge in [-0.2, -0.15) is 0 Å². The molecule has 29 heavy (non-hydrogen) atoms. The van der Waals surface area contributed by atoms with Gasteiger partial charge in [-0.15, -0.1) is 5.10 Å². The Balaban J connectivity index is 1.72. The van der Waals surface area contributed by atoms with Crippen LogP contribution in [-0.4, -0.2) is 64.5 Å². The number of hydrogen-bond acceptors (Lipinski definition) is 5. The maximum absolute atomic E-state index is 12.7. The molecular formula is C20H27Cl2N5O2. The zero-order valence-electron chi connectivity index (χ0n) is 17.0. The van der Waals surface area contributed by atoms with Crippen molar-refractivity contribution in [3.8, 4) is 5.69 Å². The number of benzene rings is 1. The van der Waals surface area contributed by atoms with Gasteiger partial charge in [0.05, 0.1) is 23.3 Å². The quantitative estimate of drug-likeness (QED) is 0.713. The van der Waals surface area contributed by atoms with Crippen molar-refractivity contribution in [2.75, 3.05) is 32.8 Å². The molecule has 158 valence electrons. The van der Waals surface area contributed by atoms with Gasteiger partial charge in [0.25, 0.3) is 5.91 Å². The normalized spacial score (nSPS) is 16.2. The number of halogens is 2. The van der Waals surface area contributed by atoms with Crippen LogP contribution < -0.4 is 5.32 Å². The minimum atomic E-state index is -0.302. The highest BCUT2D eigenvalue weighted by Gasteiger charge is 2.23. The van der Waals surface area contributed by atoms with E-state index in [9.17, 15) is 4.79 Å². The van der Waals surface area contributed by atoms with Crippen molar-refractivity contribution in [3.63, 3.8) is 0 Å². The maximum Gasteiger partial charge on any atom is 0.291 e. The zero-order valence-corrected chi connectivity index (χ0v) is 18.5. The van der Waals surface area contributed by atoms with E-state index in [2.05, 4.69) is 20.3 Å². The van der Waals surface area contributed by atoms with Crippen LogP contribution in [0, 0.1) is 0 Å². The van der Waals surface area contributed by atoms with Gasteiger partial charge in [-0.1, -0.05) is 43.1 Å². The number of aromatic nitrogens is 3. The highest BCUT2D eigenvalue weighted by molar-refractivity contribution is 6.37. The average Bonchev–Trinajstić information content (AvgIpc) is 3.12. The largest absolute Gasteiger partial charge is 0.379 e. The summed E-state index contributed by atoms with van der Waals surface area (Å²) in [4.78, 5) is 19.6. The first-order chi connectivity index (χ1) is 13.9. The van der Waals surface area contributed by atoms with Crippen molar-refractivity contribution >= 4 is 29.1 Å². The first-order valence-corrected chi connectivity index (χ1v) is 10.6. The predicted octanol–water partition coefficient (Wildman–Crippen LogP) is 3.54. The van der Waals surface area contributed by atoms with Crippen molar-refractivity contribution in [3.05, 3.63) is 39.9 Å². The smallest absolute Gasteiger partial charge is 0.291 e. The number of nitrogens with zero attached hydrogens (tertiary/aromatic N) is 4. The van der Waals surface area contributed by atoms with Crippen molar-refractivity contribution in [1.29, 1.82) is 0 Å². The van der Waals surface area contributed by atoms with Gasteiger partial charge in [0.2, 0.25) is 5.82 Å². The highest BCUT2D eigenvalue weighted by Crippen LogP contribution is 2.30. The van der Waals surface area contributed by atoms with Gasteiger partial charge in [0, 0.05) is 31.6 Å². The predicted molar refractivity (Wildman–Crippen MR) is 114 cm³/mol. The Morgan fingerprint density at radius 3 is 2.48 bits per heavy atom. The molecular weight excluding hydrogens is 413 g/mol. The number of ether oxygens (including phenoxy) is 1. The average molecular weight is 440 g/mol. The summed E-state index contributed by atoms with van der Waals surface area (Å²) < 4.78 is 6.94. The van der Waals surface area contributed by atoms with Crippen LogP contribution in [-0.2, 0) is 4.74 Å². The van der Waals surface area contributed by atoms with E-state index in [1.807, 2.05) is 20.8 Å². The molecule has 0 spiro atoms. The van der Waals surface area contributed by atoms with Crippen LogP contribution in [0.25, 0.3) is 5.69 Å². The zero-order chi connectivity index (χ0) is 21.0. The third-order valence-electron chi connectivity index (χ3n) is 4.86. The molecule has 1 unspecified atom stereocenters. The second kappa shape index (κ2) is 9.89. The Hall–Kier alpha value is -1.67. The minimum Gasteiger partial charge on any atom is -0.379 e. The SMILES string of the molecule is CC(CCN1CCOCC1)NC(=O)c1nc(C(C)C)n(-c2c(Cl)cccc2Cl)n1. The van der Waals surface area contributed by atoms with Gasteiger partial charge in [0.1, 0.15) is 11.5 Å². The molecule has 0 radical (unpaired) electrons. The number of carbonyl (C=O) groups excluding carboxylic acids is 1. The highest BCUT2D eigenvalue weighted by atomic mass is 35.5. The van der Waals surface area contributed by atoms with Crippen LogP contribution in [0.4, 0.5) is 0 Å². The third-order valence-corrected chi connectivity index (χ3v) is 5.47. The summed E-state index contributed by atoms with van der Waals surface area (Å²) in [6.07, 6.45) is 0.847. The van der Waals surface area contributed by atoms with E-state index >= 15 is 0 Å². The first-order valence-electron chi connectivity index (χ1n) is 9.89. The monoisotopic (exact) mass is 439 g/mol. The lowest BCUT2D eigenvalue weighted by molar-refractivity contribution is 0.0363. The van der Waals surface area contributed by atoms with Gasteiger partial charge in [0.15, 0.2) is 0 Å².